The molecule has 0 spiro atoms. The molecule has 5 heterocycles. The molecular formula is C45H38N4O9. The van der Waals surface area contributed by atoms with Gasteiger partial charge in [-0.25, -0.2) is 0 Å². The van der Waals surface area contributed by atoms with Crippen LogP contribution in [0.25, 0.3) is 21.8 Å². The minimum absolute atomic E-state index is 0.0153. The summed E-state index contributed by atoms with van der Waals surface area (Å²) in [4.78, 5) is 62.4. The zero-order valence-corrected chi connectivity index (χ0v) is 31.4. The molecule has 0 aliphatic heterocycles. The van der Waals surface area contributed by atoms with E-state index in [-0.39, 0.29) is 55.6 Å². The van der Waals surface area contributed by atoms with Gasteiger partial charge in [0.25, 0.3) is 22.9 Å². The Bertz CT molecular complexity index is 2800. The van der Waals surface area contributed by atoms with E-state index in [1.165, 1.54) is 11.2 Å². The van der Waals surface area contributed by atoms with Crippen molar-refractivity contribution in [2.24, 2.45) is 0 Å². The number of hydrogen-bond donors (Lipinski definition) is 2. The number of fused-ring (bicyclic) bond motifs is 2. The third kappa shape index (κ3) is 8.48. The molecule has 292 valence electrons. The Hall–Kier alpha value is -7.54. The fourth-order valence-electron chi connectivity index (χ4n) is 6.70. The molecule has 0 aliphatic rings. The highest BCUT2D eigenvalue weighted by Crippen LogP contribution is 2.24. The van der Waals surface area contributed by atoms with Gasteiger partial charge in [-0.3, -0.25) is 19.2 Å². The fraction of sp³-hybridized carbons (Fsp3) is 0.156. The van der Waals surface area contributed by atoms with Crippen molar-refractivity contribution in [2.45, 2.75) is 39.7 Å². The first-order valence-electron chi connectivity index (χ1n) is 18.6. The minimum Gasteiger partial charge on any atom is -0.494 e. The van der Waals surface area contributed by atoms with Gasteiger partial charge in [0.2, 0.25) is 0 Å². The number of aromatic nitrogens is 2. The third-order valence-corrected chi connectivity index (χ3v) is 9.53. The normalized spacial score (nSPS) is 11.2. The predicted octanol–water partition coefficient (Wildman–Crippen LogP) is 7.81. The van der Waals surface area contributed by atoms with E-state index in [0.717, 1.165) is 10.8 Å². The summed E-state index contributed by atoms with van der Waals surface area (Å²) in [6, 6.07) is 31.7. The Morgan fingerprint density at radius 3 is 2.03 bits per heavy atom. The summed E-state index contributed by atoms with van der Waals surface area (Å²) in [5.74, 6) is 1.73. The number of amides is 2. The highest BCUT2D eigenvalue weighted by atomic mass is 16.5. The lowest BCUT2D eigenvalue weighted by Crippen LogP contribution is -2.32. The molecule has 2 amide bonds. The van der Waals surface area contributed by atoms with Gasteiger partial charge in [0, 0.05) is 39.2 Å². The van der Waals surface area contributed by atoms with Gasteiger partial charge in [0.05, 0.1) is 57.1 Å². The van der Waals surface area contributed by atoms with E-state index >= 15 is 0 Å². The Kier molecular flexibility index (Phi) is 10.7. The summed E-state index contributed by atoms with van der Waals surface area (Å²) in [5.41, 5.74) is 2.58. The molecule has 58 heavy (non-hydrogen) atoms. The second-order valence-corrected chi connectivity index (χ2v) is 13.6. The van der Waals surface area contributed by atoms with Crippen molar-refractivity contribution in [3.8, 4) is 11.5 Å². The predicted molar refractivity (Wildman–Crippen MR) is 214 cm³/mol. The van der Waals surface area contributed by atoms with Gasteiger partial charge in [0.1, 0.15) is 29.6 Å². The topological polar surface area (TPSA) is 164 Å². The van der Waals surface area contributed by atoms with Crippen molar-refractivity contribution in [1.29, 1.82) is 0 Å². The molecule has 0 atom stereocenters. The Balaban J connectivity index is 0.959. The molecule has 3 aromatic carbocycles. The zero-order valence-electron chi connectivity index (χ0n) is 31.4. The van der Waals surface area contributed by atoms with Crippen LogP contribution in [0.5, 0.6) is 11.5 Å². The van der Waals surface area contributed by atoms with Crippen LogP contribution < -0.4 is 20.6 Å². The summed E-state index contributed by atoms with van der Waals surface area (Å²) in [6.45, 7) is 2.83. The van der Waals surface area contributed by atoms with Crippen molar-refractivity contribution >= 4 is 33.6 Å². The van der Waals surface area contributed by atoms with Crippen molar-refractivity contribution < 1.29 is 32.3 Å². The molecule has 13 heteroatoms. The first-order valence-corrected chi connectivity index (χ1v) is 18.6. The molecule has 13 nitrogen and oxygen atoms in total. The lowest BCUT2D eigenvalue weighted by atomic mass is 10.1. The van der Waals surface area contributed by atoms with E-state index in [1.807, 2.05) is 25.1 Å². The van der Waals surface area contributed by atoms with E-state index in [0.29, 0.717) is 62.9 Å². The molecule has 0 saturated carbocycles. The first-order chi connectivity index (χ1) is 28.3. The summed E-state index contributed by atoms with van der Waals surface area (Å²) in [7, 11) is 0. The van der Waals surface area contributed by atoms with Crippen LogP contribution in [0.15, 0.2) is 151 Å². The molecule has 0 radical (unpaired) electrons. The number of H-pyrrole nitrogens is 2. The van der Waals surface area contributed by atoms with Crippen LogP contribution in [0.1, 0.15) is 56.0 Å². The molecule has 5 aromatic heterocycles. The summed E-state index contributed by atoms with van der Waals surface area (Å²) in [6.07, 6.45) is 4.51. The Morgan fingerprint density at radius 2 is 1.29 bits per heavy atom. The molecule has 8 rings (SSSR count). The number of furan rings is 3. The average molecular weight is 779 g/mol. The smallest absolute Gasteiger partial charge is 0.290 e. The maximum atomic E-state index is 13.6. The van der Waals surface area contributed by atoms with Gasteiger partial charge in [-0.2, -0.15) is 0 Å². The zero-order chi connectivity index (χ0) is 40.0. The maximum absolute atomic E-state index is 13.6. The number of carbonyl (C=O) groups is 2. The van der Waals surface area contributed by atoms with Crippen LogP contribution in [0.4, 0.5) is 0 Å². The van der Waals surface area contributed by atoms with Gasteiger partial charge in [0.15, 0.2) is 5.76 Å². The molecular weight excluding hydrogens is 741 g/mol. The number of hydrogen-bond acceptors (Lipinski definition) is 9. The molecule has 0 bridgehead atoms. The molecule has 0 aliphatic carbocycles. The molecule has 0 unspecified atom stereocenters. The molecule has 0 fully saturated rings. The first kappa shape index (κ1) is 37.4. The Morgan fingerprint density at radius 1 is 0.603 bits per heavy atom. The van der Waals surface area contributed by atoms with Gasteiger partial charge < -0.3 is 42.5 Å². The number of pyridine rings is 2. The van der Waals surface area contributed by atoms with E-state index in [2.05, 4.69) is 9.97 Å². The van der Waals surface area contributed by atoms with E-state index in [1.54, 1.807) is 108 Å². The van der Waals surface area contributed by atoms with Crippen molar-refractivity contribution in [2.75, 3.05) is 6.61 Å². The van der Waals surface area contributed by atoms with Crippen LogP contribution in [0, 0.1) is 0 Å². The summed E-state index contributed by atoms with van der Waals surface area (Å²) < 4.78 is 28.5. The SMILES string of the molecule is CCOc1ccc2[nH]c(=O)c(CN(Cc3cc(COc4ccc5cc(CN(Cc6ccco6)C(=O)c6ccccc6)c(=O)[nH]c5c4)co3)C(=O)c3ccco3)cc2c1. The number of carbonyl (C=O) groups excluding carboxylic acids is 2. The van der Waals surface area contributed by atoms with Gasteiger partial charge >= 0.3 is 0 Å². The van der Waals surface area contributed by atoms with Crippen molar-refractivity contribution in [3.63, 3.8) is 0 Å². The number of aromatic amines is 2. The standard InChI is InChI=1S/C45H38N4O9/c1-2-54-35-14-15-39-32(21-35)20-34(42(50)46-39)24-49(45(53)41-11-7-17-56-41)26-38-18-29(28-58-38)27-57-36-13-12-31-19-33(43(51)47-40(31)22-36)23-48(25-37-10-6-16-55-37)44(52)30-8-4-3-5-9-30/h3-22,28H,2,23-27H2,1H3,(H,46,50)(H,47,51). The monoisotopic (exact) mass is 778 g/mol. The second-order valence-electron chi connectivity index (χ2n) is 13.6. The third-order valence-electron chi connectivity index (χ3n) is 9.53. The van der Waals surface area contributed by atoms with Crippen LogP contribution in [-0.2, 0) is 32.8 Å². The van der Waals surface area contributed by atoms with Crippen LogP contribution in [0.2, 0.25) is 0 Å². The number of rotatable bonds is 15. The van der Waals surface area contributed by atoms with Crippen molar-refractivity contribution in [3.05, 3.63) is 188 Å². The quantitative estimate of drug-likeness (QED) is 0.106. The van der Waals surface area contributed by atoms with Gasteiger partial charge in [-0.1, -0.05) is 18.2 Å². The summed E-state index contributed by atoms with van der Waals surface area (Å²) in [5, 5.41) is 1.53. The second kappa shape index (κ2) is 16.7. The summed E-state index contributed by atoms with van der Waals surface area (Å²) >= 11 is 0. The maximum Gasteiger partial charge on any atom is 0.290 e. The van der Waals surface area contributed by atoms with E-state index < -0.39 is 5.91 Å². The van der Waals surface area contributed by atoms with E-state index in [9.17, 15) is 19.2 Å². The number of nitrogens with one attached hydrogen (secondary N) is 2. The average Bonchev–Trinajstić information content (AvgIpc) is 4.05. The fourth-order valence-corrected chi connectivity index (χ4v) is 6.70. The number of nitrogens with zero attached hydrogens (tertiary/aromatic N) is 2. The van der Waals surface area contributed by atoms with Crippen LogP contribution in [-0.4, -0.2) is 38.2 Å². The van der Waals surface area contributed by atoms with Crippen LogP contribution >= 0.6 is 0 Å². The lowest BCUT2D eigenvalue weighted by molar-refractivity contribution is 0.0683. The molecule has 0 saturated heterocycles. The van der Waals surface area contributed by atoms with Crippen molar-refractivity contribution in [1.82, 2.24) is 19.8 Å². The minimum atomic E-state index is -0.414. The highest BCUT2D eigenvalue weighted by Gasteiger charge is 2.23. The molecule has 2 N–H and O–H groups in total. The van der Waals surface area contributed by atoms with Gasteiger partial charge in [-0.15, -0.1) is 0 Å². The molecule has 8 aromatic rings. The Labute approximate surface area is 331 Å². The largest absolute Gasteiger partial charge is 0.494 e. The number of ether oxygens (including phenoxy) is 2. The lowest BCUT2D eigenvalue weighted by Gasteiger charge is -2.22. The van der Waals surface area contributed by atoms with E-state index in [4.69, 9.17) is 22.7 Å². The number of benzene rings is 3. The highest BCUT2D eigenvalue weighted by molar-refractivity contribution is 5.94. The van der Waals surface area contributed by atoms with Crippen LogP contribution in [0.3, 0.4) is 0 Å². The van der Waals surface area contributed by atoms with Gasteiger partial charge in [-0.05, 0) is 97.2 Å².